The van der Waals surface area contributed by atoms with E-state index < -0.39 is 11.4 Å². The molecular formula is C24H35FN8O2. The number of piperazine rings is 1. The maximum absolute atomic E-state index is 14.2. The fourth-order valence-corrected chi connectivity index (χ4v) is 5.51. The Labute approximate surface area is 205 Å². The number of anilines is 2. The largest absolute Gasteiger partial charge is 0.381 e. The fourth-order valence-electron chi connectivity index (χ4n) is 5.51. The van der Waals surface area contributed by atoms with E-state index >= 15 is 0 Å². The van der Waals surface area contributed by atoms with Gasteiger partial charge in [0.25, 0.3) is 0 Å². The number of aryl methyl sites for hydroxylation is 1. The van der Waals surface area contributed by atoms with Crippen LogP contribution in [0.25, 0.3) is 0 Å². The second-order valence-electron chi connectivity index (χ2n) is 10.5. The standard InChI is InChI=1S/C24H35FN8O2/c1-15-12-31(13-17-5-9-35-10-6-17)7-8-32(15)23(34)33-14-18-20(24(33,3)4)29-30-21(18)28-22-19(25)11-26-16(2)27-22/h11,15,17H,5-10,12-14H2,1-4H3,(H2,26,27,28,29,30)/t15-/m0/s1. The Morgan fingerprint density at radius 1 is 1.29 bits per heavy atom. The van der Waals surface area contributed by atoms with Gasteiger partial charge in [0.1, 0.15) is 5.82 Å². The second kappa shape index (κ2) is 9.34. The molecule has 0 aromatic carbocycles. The Hall–Kier alpha value is -2.79. The number of carbonyl (C=O) groups is 1. The van der Waals surface area contributed by atoms with Crippen LogP contribution in [-0.4, -0.2) is 86.3 Å². The van der Waals surface area contributed by atoms with Crippen LogP contribution in [-0.2, 0) is 16.8 Å². The van der Waals surface area contributed by atoms with Crippen LogP contribution < -0.4 is 5.32 Å². The van der Waals surface area contributed by atoms with Gasteiger partial charge < -0.3 is 19.9 Å². The molecule has 5 heterocycles. The number of fused-ring (bicyclic) bond motifs is 1. The maximum atomic E-state index is 14.2. The molecule has 0 radical (unpaired) electrons. The fraction of sp³-hybridized carbons (Fsp3) is 0.667. The van der Waals surface area contributed by atoms with Gasteiger partial charge in [-0.1, -0.05) is 0 Å². The molecule has 2 amide bonds. The Morgan fingerprint density at radius 2 is 2.06 bits per heavy atom. The van der Waals surface area contributed by atoms with E-state index in [1.165, 1.54) is 0 Å². The average Bonchev–Trinajstić information content (AvgIpc) is 3.34. The molecule has 35 heavy (non-hydrogen) atoms. The average molecular weight is 487 g/mol. The van der Waals surface area contributed by atoms with Gasteiger partial charge in [-0.3, -0.25) is 10.00 Å². The third-order valence-corrected chi connectivity index (χ3v) is 7.62. The molecule has 190 valence electrons. The van der Waals surface area contributed by atoms with Gasteiger partial charge in [0.15, 0.2) is 17.5 Å². The zero-order chi connectivity index (χ0) is 24.7. The minimum absolute atomic E-state index is 0.0211. The Kier molecular flexibility index (Phi) is 6.39. The van der Waals surface area contributed by atoms with Crippen molar-refractivity contribution >= 4 is 17.7 Å². The first-order valence-corrected chi connectivity index (χ1v) is 12.5. The summed E-state index contributed by atoms with van der Waals surface area (Å²) in [5.41, 5.74) is 1.13. The first-order valence-electron chi connectivity index (χ1n) is 12.5. The molecule has 1 atom stereocenters. The van der Waals surface area contributed by atoms with Gasteiger partial charge in [0, 0.05) is 51.0 Å². The van der Waals surface area contributed by atoms with Gasteiger partial charge in [-0.15, -0.1) is 0 Å². The van der Waals surface area contributed by atoms with E-state index in [9.17, 15) is 9.18 Å². The number of urea groups is 1. The van der Waals surface area contributed by atoms with Crippen LogP contribution in [0.3, 0.4) is 0 Å². The number of rotatable bonds is 4. The number of H-pyrrole nitrogens is 1. The highest BCUT2D eigenvalue weighted by atomic mass is 19.1. The topological polar surface area (TPSA) is 103 Å². The van der Waals surface area contributed by atoms with Crippen molar-refractivity contribution in [3.05, 3.63) is 29.1 Å². The smallest absolute Gasteiger partial charge is 0.321 e. The molecular weight excluding hydrogens is 451 g/mol. The van der Waals surface area contributed by atoms with Crippen molar-refractivity contribution in [1.82, 2.24) is 34.9 Å². The number of ether oxygens (including phenoxy) is 1. The zero-order valence-electron chi connectivity index (χ0n) is 21.0. The number of aromatic amines is 1. The van der Waals surface area contributed by atoms with E-state index in [1.807, 2.05) is 23.6 Å². The molecule has 5 rings (SSSR count). The first-order chi connectivity index (χ1) is 16.7. The maximum Gasteiger partial charge on any atom is 0.321 e. The predicted molar refractivity (Wildman–Crippen MR) is 129 cm³/mol. The lowest BCUT2D eigenvalue weighted by molar-refractivity contribution is 0.0290. The molecule has 10 nitrogen and oxygen atoms in total. The summed E-state index contributed by atoms with van der Waals surface area (Å²) in [7, 11) is 0. The van der Waals surface area contributed by atoms with Gasteiger partial charge in [-0.05, 0) is 46.5 Å². The molecule has 0 saturated carbocycles. The third kappa shape index (κ3) is 4.58. The van der Waals surface area contributed by atoms with Gasteiger partial charge in [0.2, 0.25) is 0 Å². The lowest BCUT2D eigenvalue weighted by Crippen LogP contribution is -2.59. The number of nitrogens with one attached hydrogen (secondary N) is 2. The van der Waals surface area contributed by atoms with Crippen molar-refractivity contribution in [3.63, 3.8) is 0 Å². The van der Waals surface area contributed by atoms with Gasteiger partial charge >= 0.3 is 6.03 Å². The highest BCUT2D eigenvalue weighted by Crippen LogP contribution is 2.42. The highest BCUT2D eigenvalue weighted by Gasteiger charge is 2.46. The molecule has 2 aromatic heterocycles. The molecule has 0 spiro atoms. The van der Waals surface area contributed by atoms with E-state index in [0.717, 1.165) is 63.1 Å². The SMILES string of the molecule is Cc1ncc(F)c(Nc2n[nH]c3c2CN(C(=O)N2CCN(CC4CCOCC4)C[C@@H]2C)C3(C)C)n1. The summed E-state index contributed by atoms with van der Waals surface area (Å²) in [6, 6.07) is 0.146. The quantitative estimate of drug-likeness (QED) is 0.685. The van der Waals surface area contributed by atoms with Gasteiger partial charge in [0.05, 0.1) is 24.0 Å². The summed E-state index contributed by atoms with van der Waals surface area (Å²) in [6.07, 6.45) is 3.38. The van der Waals surface area contributed by atoms with Crippen molar-refractivity contribution in [1.29, 1.82) is 0 Å². The zero-order valence-corrected chi connectivity index (χ0v) is 21.0. The predicted octanol–water partition coefficient (Wildman–Crippen LogP) is 2.99. The third-order valence-electron chi connectivity index (χ3n) is 7.62. The number of aromatic nitrogens is 4. The van der Waals surface area contributed by atoms with Crippen LogP contribution in [0, 0.1) is 18.7 Å². The van der Waals surface area contributed by atoms with E-state index in [-0.39, 0.29) is 17.9 Å². The summed E-state index contributed by atoms with van der Waals surface area (Å²) in [4.78, 5) is 28.1. The number of amides is 2. The van der Waals surface area contributed by atoms with Crippen LogP contribution in [0.5, 0.6) is 0 Å². The summed E-state index contributed by atoms with van der Waals surface area (Å²) >= 11 is 0. The summed E-state index contributed by atoms with van der Waals surface area (Å²) in [6.45, 7) is 13.5. The monoisotopic (exact) mass is 486 g/mol. The molecule has 3 aliphatic rings. The van der Waals surface area contributed by atoms with Crippen LogP contribution in [0.1, 0.15) is 50.7 Å². The lowest BCUT2D eigenvalue weighted by atomic mass is 9.99. The molecule has 3 aliphatic heterocycles. The normalized spacial score (nSPS) is 22.9. The summed E-state index contributed by atoms with van der Waals surface area (Å²) in [5, 5.41) is 10.4. The second-order valence-corrected chi connectivity index (χ2v) is 10.5. The molecule has 2 fully saturated rings. The van der Waals surface area contributed by atoms with Crippen LogP contribution in [0.15, 0.2) is 6.20 Å². The van der Waals surface area contributed by atoms with Crippen molar-refractivity contribution in [2.75, 3.05) is 44.7 Å². The lowest BCUT2D eigenvalue weighted by Gasteiger charge is -2.44. The number of carbonyl (C=O) groups excluding carboxylic acids is 1. The number of halogens is 1. The van der Waals surface area contributed by atoms with Crippen molar-refractivity contribution in [3.8, 4) is 0 Å². The van der Waals surface area contributed by atoms with Crippen molar-refractivity contribution in [2.45, 2.75) is 58.7 Å². The molecule has 0 aliphatic carbocycles. The number of nitrogens with zero attached hydrogens (tertiary/aromatic N) is 6. The minimum Gasteiger partial charge on any atom is -0.381 e. The molecule has 2 aromatic rings. The van der Waals surface area contributed by atoms with Crippen LogP contribution in [0.2, 0.25) is 0 Å². The highest BCUT2D eigenvalue weighted by molar-refractivity contribution is 5.78. The first kappa shape index (κ1) is 23.9. The van der Waals surface area contributed by atoms with Crippen molar-refractivity contribution < 1.29 is 13.9 Å². The Morgan fingerprint density at radius 3 is 2.80 bits per heavy atom. The van der Waals surface area contributed by atoms with E-state index in [0.29, 0.717) is 30.6 Å². The summed E-state index contributed by atoms with van der Waals surface area (Å²) < 4.78 is 19.7. The molecule has 0 unspecified atom stereocenters. The van der Waals surface area contributed by atoms with Gasteiger partial charge in [-0.2, -0.15) is 5.10 Å². The number of hydrogen-bond donors (Lipinski definition) is 2. The van der Waals surface area contributed by atoms with E-state index in [2.05, 4.69) is 37.3 Å². The molecule has 2 N–H and O–H groups in total. The van der Waals surface area contributed by atoms with Gasteiger partial charge in [-0.25, -0.2) is 19.2 Å². The van der Waals surface area contributed by atoms with E-state index in [4.69, 9.17) is 4.74 Å². The molecule has 2 saturated heterocycles. The summed E-state index contributed by atoms with van der Waals surface area (Å²) in [5.74, 6) is 1.15. The van der Waals surface area contributed by atoms with Crippen LogP contribution in [0.4, 0.5) is 20.8 Å². The minimum atomic E-state index is -0.571. The number of hydrogen-bond acceptors (Lipinski definition) is 7. The van der Waals surface area contributed by atoms with E-state index in [1.54, 1.807) is 6.92 Å². The van der Waals surface area contributed by atoms with Crippen LogP contribution >= 0.6 is 0 Å². The molecule has 11 heteroatoms. The van der Waals surface area contributed by atoms with Crippen molar-refractivity contribution in [2.24, 2.45) is 5.92 Å². The molecule has 0 bridgehead atoms. The Bertz CT molecular complexity index is 1080. The Balaban J connectivity index is 1.27.